The highest BCUT2D eigenvalue weighted by atomic mass is 16.5. The molecule has 0 bridgehead atoms. The van der Waals surface area contributed by atoms with Crippen LogP contribution in [-0.4, -0.2) is 6.61 Å². The molecule has 0 unspecified atom stereocenters. The molecule has 1 heteroatoms. The van der Waals surface area contributed by atoms with Gasteiger partial charge in [0.25, 0.3) is 0 Å². The number of rotatable bonds is 10. The van der Waals surface area contributed by atoms with Crippen molar-refractivity contribution < 1.29 is 4.74 Å². The Morgan fingerprint density at radius 2 is 1.59 bits per heavy atom. The zero-order chi connectivity index (χ0) is 20.3. The van der Waals surface area contributed by atoms with Crippen molar-refractivity contribution in [3.8, 4) is 0 Å². The van der Waals surface area contributed by atoms with Gasteiger partial charge in [0.2, 0.25) is 0 Å². The molecule has 2 fully saturated rings. The fourth-order valence-corrected chi connectivity index (χ4v) is 5.47. The van der Waals surface area contributed by atoms with Crippen LogP contribution in [-0.2, 0) is 11.3 Å². The lowest BCUT2D eigenvalue weighted by atomic mass is 9.68. The molecule has 0 aromatic heterocycles. The maximum absolute atomic E-state index is 5.77. The number of unbranched alkanes of at least 4 members (excludes halogenated alkanes) is 1. The number of hydrogen-bond acceptors (Lipinski definition) is 1. The Morgan fingerprint density at radius 1 is 0.931 bits per heavy atom. The van der Waals surface area contributed by atoms with Crippen LogP contribution in [0.2, 0.25) is 0 Å². The van der Waals surface area contributed by atoms with Crippen molar-refractivity contribution >= 4 is 0 Å². The van der Waals surface area contributed by atoms with Gasteiger partial charge >= 0.3 is 0 Å². The molecule has 0 radical (unpaired) electrons. The van der Waals surface area contributed by atoms with E-state index in [0.29, 0.717) is 0 Å². The van der Waals surface area contributed by atoms with E-state index in [1.807, 2.05) is 6.08 Å². The summed E-state index contributed by atoms with van der Waals surface area (Å²) in [6, 6.07) is 9.28. The van der Waals surface area contributed by atoms with Crippen molar-refractivity contribution in [2.24, 2.45) is 17.8 Å². The first-order valence-electron chi connectivity index (χ1n) is 12.2. The SMILES string of the molecule is C=CCCCOCc1ccc(C2CCC(C3CCC(/C=C/CC)CC3)CC2)cc1. The minimum absolute atomic E-state index is 0.736. The fourth-order valence-electron chi connectivity index (χ4n) is 5.47. The van der Waals surface area contributed by atoms with Crippen LogP contribution in [0.15, 0.2) is 49.1 Å². The second-order valence-corrected chi connectivity index (χ2v) is 9.35. The van der Waals surface area contributed by atoms with E-state index in [-0.39, 0.29) is 0 Å². The summed E-state index contributed by atoms with van der Waals surface area (Å²) in [6.07, 6.45) is 21.6. The lowest BCUT2D eigenvalue weighted by Gasteiger charge is -2.37. The summed E-state index contributed by atoms with van der Waals surface area (Å²) in [6.45, 7) is 7.56. The Labute approximate surface area is 179 Å². The standard InChI is InChI=1S/C28H42O/c1-3-5-7-21-29-22-24-11-15-26(16-12-24)28-19-17-27(18-20-28)25-13-9-23(10-14-25)8-6-4-2/h3,6,8,11-12,15-16,23,25,27-28H,1,4-5,7,9-10,13-14,17-22H2,2H3/b8-6+. The molecule has 1 nitrogen and oxygen atoms in total. The molecule has 29 heavy (non-hydrogen) atoms. The lowest BCUT2D eigenvalue weighted by molar-refractivity contribution is 0.119. The molecule has 0 amide bonds. The molecular weight excluding hydrogens is 352 g/mol. The van der Waals surface area contributed by atoms with Gasteiger partial charge in [-0.3, -0.25) is 0 Å². The Hall–Kier alpha value is -1.34. The van der Waals surface area contributed by atoms with Crippen molar-refractivity contribution in [1.82, 2.24) is 0 Å². The zero-order valence-corrected chi connectivity index (χ0v) is 18.7. The fraction of sp³-hybridized carbons (Fsp3) is 0.643. The van der Waals surface area contributed by atoms with Crippen molar-refractivity contribution in [2.45, 2.75) is 90.1 Å². The normalized spacial score (nSPS) is 27.9. The molecule has 1 aromatic rings. The topological polar surface area (TPSA) is 9.23 Å². The minimum atomic E-state index is 0.736. The molecule has 0 spiro atoms. The summed E-state index contributed by atoms with van der Waals surface area (Å²) >= 11 is 0. The van der Waals surface area contributed by atoms with Crippen LogP contribution < -0.4 is 0 Å². The predicted molar refractivity (Wildman–Crippen MR) is 125 cm³/mol. The van der Waals surface area contributed by atoms with Crippen molar-refractivity contribution in [3.63, 3.8) is 0 Å². The van der Waals surface area contributed by atoms with Gasteiger partial charge in [0, 0.05) is 6.61 Å². The second kappa shape index (κ2) is 12.4. The molecule has 1 aromatic carbocycles. The van der Waals surface area contributed by atoms with Gasteiger partial charge in [0.15, 0.2) is 0 Å². The molecule has 0 N–H and O–H groups in total. The average molecular weight is 395 g/mol. The van der Waals surface area contributed by atoms with Crippen LogP contribution >= 0.6 is 0 Å². The molecule has 0 aliphatic heterocycles. The Balaban J connectivity index is 1.38. The molecule has 2 saturated carbocycles. The van der Waals surface area contributed by atoms with E-state index in [0.717, 1.165) is 49.7 Å². The summed E-state index contributed by atoms with van der Waals surface area (Å²) in [4.78, 5) is 0. The number of hydrogen-bond donors (Lipinski definition) is 0. The van der Waals surface area contributed by atoms with E-state index in [4.69, 9.17) is 4.74 Å². The van der Waals surface area contributed by atoms with Crippen molar-refractivity contribution in [3.05, 3.63) is 60.2 Å². The van der Waals surface area contributed by atoms with Gasteiger partial charge in [-0.25, -0.2) is 0 Å². The summed E-state index contributed by atoms with van der Waals surface area (Å²) in [5.74, 6) is 3.64. The Kier molecular flexibility index (Phi) is 9.54. The molecular formula is C28H42O. The van der Waals surface area contributed by atoms with E-state index in [1.54, 1.807) is 5.56 Å². The maximum Gasteiger partial charge on any atom is 0.0716 e. The number of benzene rings is 1. The Bertz CT molecular complexity index is 598. The summed E-state index contributed by atoms with van der Waals surface area (Å²) < 4.78 is 5.77. The van der Waals surface area contributed by atoms with Gasteiger partial charge in [-0.1, -0.05) is 49.4 Å². The van der Waals surface area contributed by atoms with Gasteiger partial charge in [-0.15, -0.1) is 6.58 Å². The van der Waals surface area contributed by atoms with Crippen LogP contribution in [0.3, 0.4) is 0 Å². The molecule has 160 valence electrons. The predicted octanol–water partition coefficient (Wildman–Crippen LogP) is 8.22. The van der Waals surface area contributed by atoms with E-state index < -0.39 is 0 Å². The van der Waals surface area contributed by atoms with Gasteiger partial charge in [-0.2, -0.15) is 0 Å². The van der Waals surface area contributed by atoms with Crippen LogP contribution in [0.5, 0.6) is 0 Å². The van der Waals surface area contributed by atoms with E-state index >= 15 is 0 Å². The smallest absolute Gasteiger partial charge is 0.0716 e. The first kappa shape index (κ1) is 22.3. The summed E-state index contributed by atoms with van der Waals surface area (Å²) in [7, 11) is 0. The highest BCUT2D eigenvalue weighted by molar-refractivity contribution is 5.25. The Morgan fingerprint density at radius 3 is 2.21 bits per heavy atom. The van der Waals surface area contributed by atoms with Crippen LogP contribution in [0.4, 0.5) is 0 Å². The lowest BCUT2D eigenvalue weighted by Crippen LogP contribution is -2.25. The first-order chi connectivity index (χ1) is 14.3. The molecule has 0 atom stereocenters. The largest absolute Gasteiger partial charge is 0.377 e. The number of allylic oxidation sites excluding steroid dienone is 3. The molecule has 2 aliphatic rings. The van der Waals surface area contributed by atoms with Gasteiger partial charge in [0.05, 0.1) is 6.61 Å². The third kappa shape index (κ3) is 7.14. The quantitative estimate of drug-likeness (QED) is 0.287. The van der Waals surface area contributed by atoms with Crippen molar-refractivity contribution in [2.75, 3.05) is 6.61 Å². The monoisotopic (exact) mass is 394 g/mol. The van der Waals surface area contributed by atoms with Crippen LogP contribution in [0.1, 0.15) is 94.6 Å². The van der Waals surface area contributed by atoms with Gasteiger partial charge < -0.3 is 4.74 Å². The van der Waals surface area contributed by atoms with E-state index in [1.165, 1.54) is 63.4 Å². The average Bonchev–Trinajstić information content (AvgIpc) is 2.78. The molecule has 0 saturated heterocycles. The second-order valence-electron chi connectivity index (χ2n) is 9.35. The van der Waals surface area contributed by atoms with E-state index in [2.05, 4.69) is 49.9 Å². The molecule has 3 rings (SSSR count). The summed E-state index contributed by atoms with van der Waals surface area (Å²) in [5.41, 5.74) is 2.85. The minimum Gasteiger partial charge on any atom is -0.377 e. The highest BCUT2D eigenvalue weighted by Gasteiger charge is 2.30. The van der Waals surface area contributed by atoms with Gasteiger partial charge in [-0.05, 0) is 105 Å². The highest BCUT2D eigenvalue weighted by Crippen LogP contribution is 2.44. The van der Waals surface area contributed by atoms with Crippen LogP contribution in [0, 0.1) is 17.8 Å². The maximum atomic E-state index is 5.77. The van der Waals surface area contributed by atoms with E-state index in [9.17, 15) is 0 Å². The zero-order valence-electron chi connectivity index (χ0n) is 18.7. The third-order valence-electron chi connectivity index (χ3n) is 7.32. The molecule has 0 heterocycles. The molecule has 2 aliphatic carbocycles. The van der Waals surface area contributed by atoms with Gasteiger partial charge in [0.1, 0.15) is 0 Å². The summed E-state index contributed by atoms with van der Waals surface area (Å²) in [5, 5.41) is 0. The number of ether oxygens (including phenoxy) is 1. The first-order valence-corrected chi connectivity index (χ1v) is 12.2. The van der Waals surface area contributed by atoms with Crippen LogP contribution in [0.25, 0.3) is 0 Å². The third-order valence-corrected chi connectivity index (χ3v) is 7.32. The van der Waals surface area contributed by atoms with Crippen molar-refractivity contribution in [1.29, 1.82) is 0 Å².